The number of hydrogen-bond donors (Lipinski definition) is 2. The van der Waals surface area contributed by atoms with Crippen LogP contribution in [0.3, 0.4) is 0 Å². The predicted octanol–water partition coefficient (Wildman–Crippen LogP) is 5.22. The number of hydrogen-bond acceptors (Lipinski definition) is 4. The van der Waals surface area contributed by atoms with Crippen LogP contribution in [0.15, 0.2) is 48.5 Å². The van der Waals surface area contributed by atoms with Gasteiger partial charge >= 0.3 is 12.1 Å². The van der Waals surface area contributed by atoms with E-state index in [0.29, 0.717) is 16.1 Å². The van der Waals surface area contributed by atoms with E-state index in [1.807, 2.05) is 0 Å². The van der Waals surface area contributed by atoms with Crippen LogP contribution in [0.4, 0.5) is 4.79 Å². The topological polar surface area (TPSA) is 87.1 Å². The second-order valence-corrected chi connectivity index (χ2v) is 8.29. The summed E-state index contributed by atoms with van der Waals surface area (Å²) in [5.41, 5.74) is -1.03. The van der Waals surface area contributed by atoms with Crippen LogP contribution in [0.1, 0.15) is 37.4 Å². The van der Waals surface area contributed by atoms with Gasteiger partial charge in [-0.25, -0.2) is 9.59 Å². The maximum atomic E-state index is 12.9. The number of phenols is 1. The fraction of sp³-hybridized carbons (Fsp3) is 0.333. The zero-order valence-electron chi connectivity index (χ0n) is 16.3. The first kappa shape index (κ1) is 22.8. The van der Waals surface area contributed by atoms with Gasteiger partial charge in [-0.2, -0.15) is 0 Å². The number of aliphatic carboxylic acids is 1. The zero-order valence-corrected chi connectivity index (χ0v) is 17.8. The molecule has 8 heteroatoms. The minimum atomic E-state index is -1.33. The van der Waals surface area contributed by atoms with Gasteiger partial charge in [0.2, 0.25) is 0 Å². The van der Waals surface area contributed by atoms with Gasteiger partial charge in [0.05, 0.1) is 0 Å². The predicted molar refractivity (Wildman–Crippen MR) is 111 cm³/mol. The van der Waals surface area contributed by atoms with Crippen molar-refractivity contribution < 1.29 is 24.5 Å². The second-order valence-electron chi connectivity index (χ2n) is 7.47. The standard InChI is InChI=1S/C21H23Cl2NO5/c1-21(2,3)29-20(28)24(18(23)15-6-4-5-7-16(15)22)17(19(26)27)12-13-8-10-14(25)11-9-13/h4-11,17-18,25H,12H2,1-3H3,(H,26,27). The van der Waals surface area contributed by atoms with Gasteiger partial charge in [0.25, 0.3) is 0 Å². The van der Waals surface area contributed by atoms with E-state index in [4.69, 9.17) is 27.9 Å². The fourth-order valence-corrected chi connectivity index (χ4v) is 3.37. The molecular formula is C21H23Cl2NO5. The largest absolute Gasteiger partial charge is 0.508 e. The number of ether oxygens (including phenoxy) is 1. The van der Waals surface area contributed by atoms with Crippen LogP contribution in [0.25, 0.3) is 0 Å². The molecule has 0 spiro atoms. The Balaban J connectivity index is 2.47. The van der Waals surface area contributed by atoms with Crippen LogP contribution >= 0.6 is 23.2 Å². The van der Waals surface area contributed by atoms with Crippen molar-refractivity contribution in [2.75, 3.05) is 0 Å². The average Bonchev–Trinajstić information content (AvgIpc) is 2.61. The van der Waals surface area contributed by atoms with Gasteiger partial charge in [0, 0.05) is 17.0 Å². The number of amides is 1. The highest BCUT2D eigenvalue weighted by atomic mass is 35.5. The van der Waals surface area contributed by atoms with E-state index in [-0.39, 0.29) is 12.2 Å². The van der Waals surface area contributed by atoms with Crippen molar-refractivity contribution in [1.82, 2.24) is 4.90 Å². The Bertz CT molecular complexity index is 864. The second kappa shape index (κ2) is 9.37. The Morgan fingerprint density at radius 3 is 2.21 bits per heavy atom. The van der Waals surface area contributed by atoms with Gasteiger partial charge in [0.15, 0.2) is 0 Å². The number of alkyl halides is 1. The van der Waals surface area contributed by atoms with Crippen LogP contribution in [-0.2, 0) is 16.0 Å². The number of rotatable bonds is 6. The minimum Gasteiger partial charge on any atom is -0.508 e. The van der Waals surface area contributed by atoms with Gasteiger partial charge in [-0.05, 0) is 44.5 Å². The van der Waals surface area contributed by atoms with Crippen molar-refractivity contribution in [1.29, 1.82) is 0 Å². The highest BCUT2D eigenvalue weighted by Crippen LogP contribution is 2.34. The third-order valence-electron chi connectivity index (χ3n) is 4.00. The SMILES string of the molecule is CC(C)(C)OC(=O)N(C(Cc1ccc(O)cc1)C(=O)O)C(Cl)c1ccccc1Cl. The Morgan fingerprint density at radius 1 is 1.10 bits per heavy atom. The highest BCUT2D eigenvalue weighted by molar-refractivity contribution is 6.32. The van der Waals surface area contributed by atoms with Crippen molar-refractivity contribution in [3.8, 4) is 5.75 Å². The molecule has 2 N–H and O–H groups in total. The quantitative estimate of drug-likeness (QED) is 0.475. The number of phenolic OH excluding ortho intramolecular Hbond substituents is 1. The molecule has 0 aromatic heterocycles. The van der Waals surface area contributed by atoms with Gasteiger partial charge < -0.3 is 14.9 Å². The van der Waals surface area contributed by atoms with Gasteiger partial charge in [-0.3, -0.25) is 4.90 Å². The summed E-state index contributed by atoms with van der Waals surface area (Å²) in [6.07, 6.45) is -0.911. The molecule has 0 fully saturated rings. The van der Waals surface area contributed by atoms with Crippen molar-refractivity contribution in [3.05, 3.63) is 64.7 Å². The molecule has 1 amide bonds. The van der Waals surface area contributed by atoms with Crippen molar-refractivity contribution in [2.45, 2.75) is 44.3 Å². The molecule has 2 rings (SSSR count). The Labute approximate surface area is 179 Å². The monoisotopic (exact) mass is 439 g/mol. The van der Waals surface area contributed by atoms with Crippen LogP contribution in [0, 0.1) is 0 Å². The van der Waals surface area contributed by atoms with E-state index in [1.165, 1.54) is 12.1 Å². The molecule has 2 unspecified atom stereocenters. The Morgan fingerprint density at radius 2 is 1.69 bits per heavy atom. The normalized spacial score (nSPS) is 13.4. The number of carbonyl (C=O) groups excluding carboxylic acids is 1. The molecular weight excluding hydrogens is 417 g/mol. The summed E-state index contributed by atoms with van der Waals surface area (Å²) < 4.78 is 5.43. The number of carboxylic acids is 1. The zero-order chi connectivity index (χ0) is 21.8. The van der Waals surface area contributed by atoms with Gasteiger partial charge in [-0.1, -0.05) is 53.5 Å². The molecule has 0 saturated carbocycles. The third kappa shape index (κ3) is 6.27. The maximum absolute atomic E-state index is 12.9. The van der Waals surface area contributed by atoms with E-state index in [1.54, 1.807) is 57.2 Å². The molecule has 2 aromatic rings. The molecule has 0 aliphatic rings. The number of benzene rings is 2. The van der Waals surface area contributed by atoms with Crippen molar-refractivity contribution >= 4 is 35.3 Å². The molecule has 0 saturated heterocycles. The lowest BCUT2D eigenvalue weighted by Gasteiger charge is -2.35. The first-order valence-corrected chi connectivity index (χ1v) is 9.71. The summed E-state index contributed by atoms with van der Waals surface area (Å²) in [7, 11) is 0. The average molecular weight is 440 g/mol. The lowest BCUT2D eigenvalue weighted by Crippen LogP contribution is -2.49. The molecule has 156 valence electrons. The smallest absolute Gasteiger partial charge is 0.412 e. The molecule has 0 radical (unpaired) electrons. The van der Waals surface area contributed by atoms with Crippen LogP contribution in [0.5, 0.6) is 5.75 Å². The fourth-order valence-electron chi connectivity index (χ4n) is 2.67. The van der Waals surface area contributed by atoms with Crippen LogP contribution < -0.4 is 0 Å². The van der Waals surface area contributed by atoms with E-state index in [9.17, 15) is 19.8 Å². The highest BCUT2D eigenvalue weighted by Gasteiger charge is 2.38. The molecule has 0 aliphatic carbocycles. The molecule has 2 atom stereocenters. The lowest BCUT2D eigenvalue weighted by atomic mass is 10.0. The van der Waals surface area contributed by atoms with E-state index < -0.39 is 29.2 Å². The van der Waals surface area contributed by atoms with E-state index in [0.717, 1.165) is 4.90 Å². The molecule has 2 aromatic carbocycles. The Hall–Kier alpha value is -2.44. The van der Waals surface area contributed by atoms with Gasteiger partial charge in [-0.15, -0.1) is 0 Å². The van der Waals surface area contributed by atoms with Crippen LogP contribution in [-0.4, -0.2) is 38.8 Å². The number of carbonyl (C=O) groups is 2. The first-order chi connectivity index (χ1) is 13.5. The molecule has 0 bridgehead atoms. The van der Waals surface area contributed by atoms with E-state index >= 15 is 0 Å². The third-order valence-corrected chi connectivity index (χ3v) is 4.79. The molecule has 6 nitrogen and oxygen atoms in total. The van der Waals surface area contributed by atoms with E-state index in [2.05, 4.69) is 0 Å². The Kier molecular flexibility index (Phi) is 7.38. The summed E-state index contributed by atoms with van der Waals surface area (Å²) in [6.45, 7) is 5.03. The molecule has 0 aliphatic heterocycles. The summed E-state index contributed by atoms with van der Waals surface area (Å²) in [6, 6.07) is 11.4. The van der Waals surface area contributed by atoms with Crippen molar-refractivity contribution in [2.24, 2.45) is 0 Å². The first-order valence-electron chi connectivity index (χ1n) is 8.90. The number of halogens is 2. The number of nitrogens with zero attached hydrogens (tertiary/aromatic N) is 1. The number of carboxylic acid groups (broad SMARTS) is 1. The summed E-state index contributed by atoms with van der Waals surface area (Å²) in [4.78, 5) is 26.0. The summed E-state index contributed by atoms with van der Waals surface area (Å²) >= 11 is 12.8. The van der Waals surface area contributed by atoms with Gasteiger partial charge in [0.1, 0.15) is 22.9 Å². The number of aromatic hydroxyl groups is 1. The summed E-state index contributed by atoms with van der Waals surface area (Å²) in [5.74, 6) is -1.20. The van der Waals surface area contributed by atoms with Crippen molar-refractivity contribution in [3.63, 3.8) is 0 Å². The lowest BCUT2D eigenvalue weighted by molar-refractivity contribution is -0.143. The minimum absolute atomic E-state index is 0.0392. The maximum Gasteiger partial charge on any atom is 0.412 e. The molecule has 0 heterocycles. The van der Waals surface area contributed by atoms with Crippen LogP contribution in [0.2, 0.25) is 5.02 Å². The molecule has 29 heavy (non-hydrogen) atoms. The summed E-state index contributed by atoms with van der Waals surface area (Å²) in [5, 5.41) is 19.6.